The van der Waals surface area contributed by atoms with Gasteiger partial charge < -0.3 is 4.42 Å². The summed E-state index contributed by atoms with van der Waals surface area (Å²) in [5, 5.41) is 27.5. The molecule has 2 heterocycles. The normalized spacial score (nSPS) is 12.3. The van der Waals surface area contributed by atoms with E-state index >= 15 is 0 Å². The van der Waals surface area contributed by atoms with Gasteiger partial charge in [0.2, 0.25) is 11.8 Å². The van der Waals surface area contributed by atoms with Crippen molar-refractivity contribution in [3.63, 3.8) is 0 Å². The Hall–Kier alpha value is -2.33. The minimum atomic E-state index is -0.453. The lowest BCUT2D eigenvalue weighted by molar-refractivity contribution is -0.384. The van der Waals surface area contributed by atoms with Crippen LogP contribution in [0.5, 0.6) is 0 Å². The highest BCUT2D eigenvalue weighted by Crippen LogP contribution is 2.36. The number of benzene rings is 1. The Bertz CT molecular complexity index is 830. The average molecular weight is 349 g/mol. The second-order valence-corrected chi connectivity index (χ2v) is 7.37. The third-order valence-electron chi connectivity index (χ3n) is 2.90. The molecular weight excluding hydrogens is 338 g/mol. The van der Waals surface area contributed by atoms with Crippen molar-refractivity contribution >= 4 is 28.8 Å². The molecule has 0 spiro atoms. The quantitative estimate of drug-likeness (QED) is 0.390. The maximum atomic E-state index is 10.7. The molecule has 0 saturated carbocycles. The Kier molecular flexibility index (Phi) is 4.35. The van der Waals surface area contributed by atoms with Crippen LogP contribution in [0.2, 0.25) is 0 Å². The molecule has 0 amide bonds. The summed E-state index contributed by atoms with van der Waals surface area (Å²) in [4.78, 5) is 10.2. The van der Waals surface area contributed by atoms with Crippen LogP contribution in [0.1, 0.15) is 23.1 Å². The van der Waals surface area contributed by atoms with E-state index in [1.165, 1.54) is 35.2 Å². The topological polar surface area (TPSA) is 108 Å². The number of rotatable bonds is 5. The van der Waals surface area contributed by atoms with Crippen molar-refractivity contribution < 1.29 is 9.34 Å². The first-order chi connectivity index (χ1) is 11.0. The lowest BCUT2D eigenvalue weighted by atomic mass is 10.2. The minimum Gasteiger partial charge on any atom is -0.419 e. The fraction of sp³-hybridized carbons (Fsp3) is 0.231. The molecule has 0 aliphatic rings. The number of nitro benzene ring substituents is 1. The highest BCUT2D eigenvalue weighted by Gasteiger charge is 2.18. The summed E-state index contributed by atoms with van der Waals surface area (Å²) in [7, 11) is 0. The molecule has 8 nitrogen and oxygen atoms in total. The summed E-state index contributed by atoms with van der Waals surface area (Å²) >= 11 is 3.00. The largest absolute Gasteiger partial charge is 0.419 e. The van der Waals surface area contributed by atoms with Crippen LogP contribution in [0.3, 0.4) is 0 Å². The molecule has 0 unspecified atom stereocenters. The van der Waals surface area contributed by atoms with Gasteiger partial charge in [0.1, 0.15) is 5.01 Å². The SMILES string of the molecule is Cc1nnc(S[C@H](C)c2nnc(-c3ccc([N+](=O)[O-])cc3)o2)s1. The van der Waals surface area contributed by atoms with Crippen molar-refractivity contribution in [3.8, 4) is 11.5 Å². The van der Waals surface area contributed by atoms with E-state index in [0.717, 1.165) is 9.35 Å². The van der Waals surface area contributed by atoms with Crippen LogP contribution in [-0.2, 0) is 0 Å². The molecule has 23 heavy (non-hydrogen) atoms. The van der Waals surface area contributed by atoms with Gasteiger partial charge in [0.25, 0.3) is 5.69 Å². The third kappa shape index (κ3) is 3.54. The first-order valence-corrected chi connectivity index (χ1v) is 8.27. The van der Waals surface area contributed by atoms with Gasteiger partial charge in [-0.05, 0) is 26.0 Å². The zero-order valence-corrected chi connectivity index (χ0v) is 13.8. The molecule has 0 bridgehead atoms. The summed E-state index contributed by atoms with van der Waals surface area (Å²) in [6, 6.07) is 5.98. The minimum absolute atomic E-state index is 0.0176. The van der Waals surface area contributed by atoms with Crippen molar-refractivity contribution in [2.24, 2.45) is 0 Å². The number of hydrogen-bond acceptors (Lipinski definition) is 9. The van der Waals surface area contributed by atoms with Gasteiger partial charge in [0, 0.05) is 17.7 Å². The maximum absolute atomic E-state index is 10.7. The third-order valence-corrected chi connectivity index (χ3v) is 4.91. The number of nitro groups is 1. The predicted molar refractivity (Wildman–Crippen MR) is 85.3 cm³/mol. The van der Waals surface area contributed by atoms with Gasteiger partial charge in [0.15, 0.2) is 4.34 Å². The van der Waals surface area contributed by atoms with Crippen molar-refractivity contribution in [1.29, 1.82) is 0 Å². The number of non-ortho nitro benzene ring substituents is 1. The lowest BCUT2D eigenvalue weighted by Crippen LogP contribution is -1.88. The van der Waals surface area contributed by atoms with Gasteiger partial charge in [-0.1, -0.05) is 23.1 Å². The number of aromatic nitrogens is 4. The smallest absolute Gasteiger partial charge is 0.269 e. The standard InChI is InChI=1S/C13H11N5O3S2/c1-7(22-13-17-14-8(2)23-13)11-15-16-12(21-11)9-3-5-10(6-4-9)18(19)20/h3-7H,1-2H3/t7-/m1/s1. The molecule has 0 N–H and O–H groups in total. The molecule has 0 fully saturated rings. The zero-order chi connectivity index (χ0) is 16.4. The molecule has 1 atom stereocenters. The van der Waals surface area contributed by atoms with E-state index < -0.39 is 4.92 Å². The fourth-order valence-electron chi connectivity index (χ4n) is 1.77. The number of nitrogens with zero attached hydrogens (tertiary/aromatic N) is 5. The summed E-state index contributed by atoms with van der Waals surface area (Å²) in [5.41, 5.74) is 0.655. The Labute approximate surface area is 139 Å². The highest BCUT2D eigenvalue weighted by molar-refractivity contribution is 8.01. The van der Waals surface area contributed by atoms with Gasteiger partial charge in [-0.2, -0.15) is 0 Å². The van der Waals surface area contributed by atoms with Crippen LogP contribution < -0.4 is 0 Å². The summed E-state index contributed by atoms with van der Waals surface area (Å²) in [5.74, 6) is 0.798. The van der Waals surface area contributed by atoms with E-state index in [9.17, 15) is 10.1 Å². The Morgan fingerprint density at radius 2 is 1.96 bits per heavy atom. The average Bonchev–Trinajstić information content (AvgIpc) is 3.16. The molecule has 0 aliphatic carbocycles. The summed E-state index contributed by atoms with van der Waals surface area (Å²) in [6.45, 7) is 3.83. The Morgan fingerprint density at radius 3 is 2.57 bits per heavy atom. The zero-order valence-electron chi connectivity index (χ0n) is 12.2. The monoisotopic (exact) mass is 349 g/mol. The summed E-state index contributed by atoms with van der Waals surface area (Å²) in [6.07, 6.45) is 0. The molecule has 1 aromatic carbocycles. The van der Waals surface area contributed by atoms with Crippen LogP contribution in [0, 0.1) is 17.0 Å². The molecule has 3 rings (SSSR count). The van der Waals surface area contributed by atoms with E-state index in [2.05, 4.69) is 20.4 Å². The lowest BCUT2D eigenvalue weighted by Gasteiger charge is -2.02. The van der Waals surface area contributed by atoms with Crippen LogP contribution in [0.4, 0.5) is 5.69 Å². The number of thioether (sulfide) groups is 1. The van der Waals surface area contributed by atoms with Crippen molar-refractivity contribution in [1.82, 2.24) is 20.4 Å². The molecule has 3 aromatic rings. The van der Waals surface area contributed by atoms with Gasteiger partial charge in [-0.3, -0.25) is 10.1 Å². The second-order valence-electron chi connectivity index (χ2n) is 4.60. The summed E-state index contributed by atoms with van der Waals surface area (Å²) < 4.78 is 6.49. The van der Waals surface area contributed by atoms with E-state index in [4.69, 9.17) is 4.42 Å². The fourth-order valence-corrected chi connectivity index (χ4v) is 3.76. The van der Waals surface area contributed by atoms with E-state index in [0.29, 0.717) is 17.3 Å². The van der Waals surface area contributed by atoms with Gasteiger partial charge >= 0.3 is 0 Å². The number of hydrogen-bond donors (Lipinski definition) is 0. The Balaban J connectivity index is 1.75. The van der Waals surface area contributed by atoms with Crippen LogP contribution in [0.15, 0.2) is 33.0 Å². The van der Waals surface area contributed by atoms with Crippen LogP contribution in [0.25, 0.3) is 11.5 Å². The van der Waals surface area contributed by atoms with Crippen molar-refractivity contribution in [2.75, 3.05) is 0 Å². The molecular formula is C13H11N5O3S2. The van der Waals surface area contributed by atoms with Gasteiger partial charge in [-0.15, -0.1) is 20.4 Å². The van der Waals surface area contributed by atoms with Crippen molar-refractivity contribution in [2.45, 2.75) is 23.4 Å². The molecule has 0 saturated heterocycles. The predicted octanol–water partition coefficient (Wildman–Crippen LogP) is 3.66. The Morgan fingerprint density at radius 1 is 1.22 bits per heavy atom. The van der Waals surface area contributed by atoms with Gasteiger partial charge in [-0.25, -0.2) is 0 Å². The van der Waals surface area contributed by atoms with E-state index in [1.807, 2.05) is 13.8 Å². The molecule has 0 radical (unpaired) electrons. The molecule has 118 valence electrons. The van der Waals surface area contributed by atoms with Gasteiger partial charge in [0.05, 0.1) is 10.2 Å². The second kappa shape index (κ2) is 6.42. The van der Waals surface area contributed by atoms with E-state index in [-0.39, 0.29) is 10.9 Å². The number of aryl methyl sites for hydroxylation is 1. The maximum Gasteiger partial charge on any atom is 0.269 e. The van der Waals surface area contributed by atoms with Crippen molar-refractivity contribution in [3.05, 3.63) is 45.3 Å². The first-order valence-electron chi connectivity index (χ1n) is 6.58. The molecule has 10 heteroatoms. The first kappa shape index (κ1) is 15.6. The van der Waals surface area contributed by atoms with E-state index in [1.54, 1.807) is 12.1 Å². The highest BCUT2D eigenvalue weighted by atomic mass is 32.2. The van der Waals surface area contributed by atoms with Crippen LogP contribution in [-0.4, -0.2) is 25.3 Å². The van der Waals surface area contributed by atoms with Crippen LogP contribution >= 0.6 is 23.1 Å². The molecule has 2 aromatic heterocycles. The molecule has 0 aliphatic heterocycles.